The van der Waals surface area contributed by atoms with Crippen molar-refractivity contribution in [2.75, 3.05) is 13.2 Å². The van der Waals surface area contributed by atoms with Crippen molar-refractivity contribution in [2.45, 2.75) is 12.4 Å². The number of carbonyl (C=O) groups is 1. The highest BCUT2D eigenvalue weighted by Crippen LogP contribution is 2.17. The molecule has 0 spiro atoms. The van der Waals surface area contributed by atoms with Gasteiger partial charge in [-0.2, -0.15) is 26.3 Å². The van der Waals surface area contributed by atoms with Gasteiger partial charge in [0.25, 0.3) is 0 Å². The van der Waals surface area contributed by atoms with Crippen LogP contribution in [0, 0.1) is 0 Å². The van der Waals surface area contributed by atoms with Gasteiger partial charge in [-0.25, -0.2) is 4.79 Å². The Kier molecular flexibility index (Phi) is 6.07. The number of hydrogen-bond donors (Lipinski definition) is 0. The molecule has 0 aliphatic heterocycles. The highest BCUT2D eigenvalue weighted by molar-refractivity contribution is 5.59. The summed E-state index contributed by atoms with van der Waals surface area (Å²) in [5.74, 6) is 0. The topological polar surface area (TPSA) is 35.5 Å². The summed E-state index contributed by atoms with van der Waals surface area (Å²) in [6.45, 7) is -3.96. The Balaban J connectivity index is 0. The largest absolute Gasteiger partial charge is 0.508 e. The summed E-state index contributed by atoms with van der Waals surface area (Å²) in [6, 6.07) is 0. The van der Waals surface area contributed by atoms with E-state index in [1.807, 2.05) is 0 Å². The van der Waals surface area contributed by atoms with Gasteiger partial charge in [0.15, 0.2) is 13.2 Å². The molecule has 0 heterocycles. The highest BCUT2D eigenvalue weighted by Gasteiger charge is 2.32. The predicted molar refractivity (Wildman–Crippen MR) is 31.9 cm³/mol. The van der Waals surface area contributed by atoms with E-state index in [2.05, 4.69) is 9.47 Å². The zero-order valence-electron chi connectivity index (χ0n) is 6.81. The number of halogens is 7. The average Bonchev–Trinajstić information content (AvgIpc) is 1.94. The van der Waals surface area contributed by atoms with Crippen LogP contribution in [0.25, 0.3) is 0 Å². The molecule has 0 bridgehead atoms. The second-order valence-corrected chi connectivity index (χ2v) is 2.06. The number of ether oxygens (including phenoxy) is 2. The van der Waals surface area contributed by atoms with Gasteiger partial charge in [0, 0.05) is 0 Å². The molecule has 10 heteroatoms. The standard InChI is InChI=1S/C5H4F6O3.FH/c6-4(7,8)1-13-3(12)14-2-5(9,10)11;/h1-2H2;1H. The van der Waals surface area contributed by atoms with Crippen molar-refractivity contribution in [1.29, 1.82) is 0 Å². The van der Waals surface area contributed by atoms with E-state index in [-0.39, 0.29) is 4.70 Å². The molecule has 0 unspecified atom stereocenters. The first-order valence-corrected chi connectivity index (χ1v) is 3.03. The number of carbonyl (C=O) groups excluding carboxylic acids is 1. The Hall–Kier alpha value is -1.22. The van der Waals surface area contributed by atoms with E-state index in [4.69, 9.17) is 0 Å². The van der Waals surface area contributed by atoms with Gasteiger partial charge in [0.1, 0.15) is 0 Å². The van der Waals surface area contributed by atoms with Gasteiger partial charge in [0.05, 0.1) is 0 Å². The van der Waals surface area contributed by atoms with E-state index in [9.17, 15) is 31.1 Å². The zero-order chi connectivity index (χ0) is 11.4. The van der Waals surface area contributed by atoms with Crippen LogP contribution in [-0.4, -0.2) is 31.7 Å². The Bertz CT molecular complexity index is 176. The molecule has 0 aliphatic carbocycles. The molecule has 0 radical (unpaired) electrons. The van der Waals surface area contributed by atoms with E-state index in [0.717, 1.165) is 0 Å². The number of rotatable bonds is 2. The van der Waals surface area contributed by atoms with Gasteiger partial charge < -0.3 is 9.47 Å². The first-order chi connectivity index (χ1) is 6.10. The molecular weight excluding hydrogens is 241 g/mol. The van der Waals surface area contributed by atoms with Crippen LogP contribution in [0.3, 0.4) is 0 Å². The van der Waals surface area contributed by atoms with Crippen LogP contribution in [0.1, 0.15) is 0 Å². The molecular formula is C5H5F7O3. The van der Waals surface area contributed by atoms with E-state index in [1.165, 1.54) is 0 Å². The number of hydrogen-bond acceptors (Lipinski definition) is 3. The fraction of sp³-hybridized carbons (Fsp3) is 0.800. The van der Waals surface area contributed by atoms with E-state index < -0.39 is 31.7 Å². The lowest BCUT2D eigenvalue weighted by atomic mass is 10.7. The Morgan fingerprint density at radius 3 is 1.33 bits per heavy atom. The molecule has 0 rings (SSSR count). The Labute approximate surface area is 78.3 Å². The summed E-state index contributed by atoms with van der Waals surface area (Å²) >= 11 is 0. The fourth-order valence-corrected chi connectivity index (χ4v) is 0.323. The molecule has 0 amide bonds. The Morgan fingerprint density at radius 1 is 0.867 bits per heavy atom. The maximum absolute atomic E-state index is 11.3. The average molecular weight is 246 g/mol. The third-order valence-corrected chi connectivity index (χ3v) is 0.707. The minimum atomic E-state index is -4.79. The molecule has 0 atom stereocenters. The highest BCUT2D eigenvalue weighted by atomic mass is 19.4. The third-order valence-electron chi connectivity index (χ3n) is 0.707. The molecule has 0 fully saturated rings. The maximum atomic E-state index is 11.3. The summed E-state index contributed by atoms with van der Waals surface area (Å²) in [4.78, 5) is 10.1. The van der Waals surface area contributed by atoms with Gasteiger partial charge in [-0.15, -0.1) is 0 Å². The third kappa shape index (κ3) is 12.8. The van der Waals surface area contributed by atoms with E-state index in [0.29, 0.717) is 0 Å². The maximum Gasteiger partial charge on any atom is 0.508 e. The van der Waals surface area contributed by atoms with Gasteiger partial charge >= 0.3 is 18.5 Å². The van der Waals surface area contributed by atoms with E-state index in [1.54, 1.807) is 0 Å². The van der Waals surface area contributed by atoms with Crippen molar-refractivity contribution in [3.05, 3.63) is 0 Å². The molecule has 0 aromatic heterocycles. The van der Waals surface area contributed by atoms with Crippen LogP contribution in [0.4, 0.5) is 35.8 Å². The van der Waals surface area contributed by atoms with Crippen LogP contribution in [0.5, 0.6) is 0 Å². The predicted octanol–water partition coefficient (Wildman–Crippen LogP) is 2.42. The van der Waals surface area contributed by atoms with Crippen molar-refractivity contribution in [3.8, 4) is 0 Å². The van der Waals surface area contributed by atoms with Crippen LogP contribution in [0.2, 0.25) is 0 Å². The molecule has 0 N–H and O–H groups in total. The smallest absolute Gasteiger partial charge is 0.425 e. The van der Waals surface area contributed by atoms with Crippen molar-refractivity contribution in [2.24, 2.45) is 0 Å². The fourth-order valence-electron chi connectivity index (χ4n) is 0.323. The summed E-state index contributed by atoms with van der Waals surface area (Å²) in [5, 5.41) is 0. The second kappa shape index (κ2) is 5.61. The van der Waals surface area contributed by atoms with Gasteiger partial charge in [0.2, 0.25) is 0 Å². The molecule has 0 aliphatic rings. The van der Waals surface area contributed by atoms with E-state index >= 15 is 0 Å². The van der Waals surface area contributed by atoms with Crippen molar-refractivity contribution in [3.63, 3.8) is 0 Å². The molecule has 0 aromatic rings. The monoisotopic (exact) mass is 246 g/mol. The van der Waals surface area contributed by atoms with Gasteiger partial charge in [-0.1, -0.05) is 0 Å². The SMILES string of the molecule is F.O=C(OCC(F)(F)F)OCC(F)(F)F. The minimum Gasteiger partial charge on any atom is -0.425 e. The Morgan fingerprint density at radius 2 is 1.13 bits per heavy atom. The van der Waals surface area contributed by atoms with Crippen LogP contribution < -0.4 is 0 Å². The van der Waals surface area contributed by atoms with Crippen LogP contribution >= 0.6 is 0 Å². The number of alkyl halides is 6. The molecule has 0 saturated carbocycles. The van der Waals surface area contributed by atoms with Crippen LogP contribution in [-0.2, 0) is 9.47 Å². The van der Waals surface area contributed by atoms with Crippen molar-refractivity contribution >= 4 is 6.16 Å². The second-order valence-electron chi connectivity index (χ2n) is 2.06. The van der Waals surface area contributed by atoms with Gasteiger partial charge in [-0.3, -0.25) is 4.70 Å². The first kappa shape index (κ1) is 16.2. The van der Waals surface area contributed by atoms with Gasteiger partial charge in [-0.05, 0) is 0 Å². The molecule has 0 aromatic carbocycles. The quantitative estimate of drug-likeness (QED) is 0.554. The molecule has 0 saturated heterocycles. The minimum absolute atomic E-state index is 0. The lowest BCUT2D eigenvalue weighted by molar-refractivity contribution is -0.182. The zero-order valence-corrected chi connectivity index (χ0v) is 6.81. The molecule has 3 nitrogen and oxygen atoms in total. The van der Waals surface area contributed by atoms with Crippen LogP contribution in [0.15, 0.2) is 0 Å². The van der Waals surface area contributed by atoms with Crippen molar-refractivity contribution in [1.82, 2.24) is 0 Å². The normalized spacial score (nSPS) is 11.6. The lowest BCUT2D eigenvalue weighted by Crippen LogP contribution is -2.24. The lowest BCUT2D eigenvalue weighted by Gasteiger charge is -2.09. The summed E-state index contributed by atoms with van der Waals surface area (Å²) in [5.41, 5.74) is 0. The molecule has 92 valence electrons. The summed E-state index contributed by atoms with van der Waals surface area (Å²) in [6.07, 6.45) is -11.6. The summed E-state index contributed by atoms with van der Waals surface area (Å²) in [7, 11) is 0. The first-order valence-electron chi connectivity index (χ1n) is 3.03. The summed E-state index contributed by atoms with van der Waals surface area (Å²) < 4.78 is 74.6. The molecule has 15 heavy (non-hydrogen) atoms. The van der Waals surface area contributed by atoms with Crippen molar-refractivity contribution < 1.29 is 45.3 Å².